The Kier molecular flexibility index (Phi) is 7.97. The molecule has 164 valence electrons. The second-order valence-corrected chi connectivity index (χ2v) is 7.08. The van der Waals surface area contributed by atoms with Crippen LogP contribution in [0.4, 0.5) is 11.4 Å². The van der Waals surface area contributed by atoms with Gasteiger partial charge in [-0.3, -0.25) is 14.4 Å². The molecular formula is C25H26N4O3. The maximum absolute atomic E-state index is 12.3. The zero-order valence-electron chi connectivity index (χ0n) is 17.9. The van der Waals surface area contributed by atoms with E-state index in [1.165, 1.54) is 0 Å². The van der Waals surface area contributed by atoms with Gasteiger partial charge in [-0.2, -0.15) is 0 Å². The van der Waals surface area contributed by atoms with E-state index in [0.29, 0.717) is 29.9 Å². The Morgan fingerprint density at radius 1 is 0.688 bits per heavy atom. The van der Waals surface area contributed by atoms with Gasteiger partial charge in [0.15, 0.2) is 0 Å². The molecule has 0 bridgehead atoms. The maximum Gasteiger partial charge on any atom is 0.251 e. The van der Waals surface area contributed by atoms with Crippen molar-refractivity contribution in [1.29, 1.82) is 0 Å². The largest absolute Gasteiger partial charge is 0.376 e. The van der Waals surface area contributed by atoms with Crippen LogP contribution >= 0.6 is 0 Å². The molecule has 0 atom stereocenters. The lowest BCUT2D eigenvalue weighted by Crippen LogP contribution is -2.23. The second kappa shape index (κ2) is 11.3. The third-order valence-corrected chi connectivity index (χ3v) is 4.66. The molecule has 0 aliphatic rings. The summed E-state index contributed by atoms with van der Waals surface area (Å²) in [6.07, 6.45) is 0. The molecule has 3 amide bonds. The Labute approximate surface area is 187 Å². The molecule has 7 heteroatoms. The van der Waals surface area contributed by atoms with Gasteiger partial charge in [-0.15, -0.1) is 0 Å². The molecule has 0 saturated heterocycles. The number of amides is 3. The van der Waals surface area contributed by atoms with Crippen LogP contribution in [0.2, 0.25) is 0 Å². The molecule has 3 aromatic carbocycles. The molecule has 0 saturated carbocycles. The topological polar surface area (TPSA) is 99.3 Å². The summed E-state index contributed by atoms with van der Waals surface area (Å²) < 4.78 is 0. The van der Waals surface area contributed by atoms with E-state index in [2.05, 4.69) is 21.3 Å². The normalized spacial score (nSPS) is 10.2. The number of anilines is 2. The predicted molar refractivity (Wildman–Crippen MR) is 126 cm³/mol. The minimum atomic E-state index is -0.222. The van der Waals surface area contributed by atoms with Crippen LogP contribution in [0.15, 0.2) is 78.9 Å². The highest BCUT2D eigenvalue weighted by molar-refractivity contribution is 5.97. The zero-order chi connectivity index (χ0) is 22.8. The third-order valence-electron chi connectivity index (χ3n) is 4.66. The fraction of sp³-hybridized carbons (Fsp3) is 0.160. The molecule has 32 heavy (non-hydrogen) atoms. The zero-order valence-corrected chi connectivity index (χ0v) is 17.9. The highest BCUT2D eigenvalue weighted by Gasteiger charge is 2.08. The molecule has 0 unspecified atom stereocenters. The number of rotatable bonds is 9. The van der Waals surface area contributed by atoms with Crippen molar-refractivity contribution in [3.05, 3.63) is 95.6 Å². The minimum Gasteiger partial charge on any atom is -0.376 e. The Morgan fingerprint density at radius 2 is 1.25 bits per heavy atom. The number of benzene rings is 3. The fourth-order valence-corrected chi connectivity index (χ4v) is 2.97. The van der Waals surface area contributed by atoms with Gasteiger partial charge in [0.05, 0.1) is 6.54 Å². The van der Waals surface area contributed by atoms with Crippen molar-refractivity contribution >= 4 is 29.1 Å². The van der Waals surface area contributed by atoms with Gasteiger partial charge < -0.3 is 21.3 Å². The van der Waals surface area contributed by atoms with Crippen LogP contribution < -0.4 is 21.3 Å². The summed E-state index contributed by atoms with van der Waals surface area (Å²) in [5.41, 5.74) is 3.45. The summed E-state index contributed by atoms with van der Waals surface area (Å²) in [6.45, 7) is 2.94. The first kappa shape index (κ1) is 22.6. The molecule has 4 N–H and O–H groups in total. The van der Waals surface area contributed by atoms with Crippen LogP contribution in [-0.4, -0.2) is 30.8 Å². The third kappa shape index (κ3) is 6.70. The average Bonchev–Trinajstić information content (AvgIpc) is 2.83. The SMILES string of the molecule is CCNC(=O)c1ccc(NC(=O)CNc2ccc(C(=O)NCc3ccccc3)cc2)cc1. The predicted octanol–water partition coefficient (Wildman–Crippen LogP) is 3.42. The quantitative estimate of drug-likeness (QED) is 0.418. The molecular weight excluding hydrogens is 404 g/mol. The second-order valence-electron chi connectivity index (χ2n) is 7.08. The lowest BCUT2D eigenvalue weighted by Gasteiger charge is -2.10. The van der Waals surface area contributed by atoms with Gasteiger partial charge in [0.25, 0.3) is 11.8 Å². The van der Waals surface area contributed by atoms with Gasteiger partial charge in [-0.05, 0) is 61.0 Å². The van der Waals surface area contributed by atoms with Crippen molar-refractivity contribution in [3.63, 3.8) is 0 Å². The first-order valence-electron chi connectivity index (χ1n) is 10.4. The maximum atomic E-state index is 12.3. The van der Waals surface area contributed by atoms with Gasteiger partial charge in [-0.1, -0.05) is 30.3 Å². The van der Waals surface area contributed by atoms with Crippen LogP contribution in [0.5, 0.6) is 0 Å². The number of carbonyl (C=O) groups is 3. The molecule has 3 aromatic rings. The lowest BCUT2D eigenvalue weighted by atomic mass is 10.1. The smallest absolute Gasteiger partial charge is 0.251 e. The van der Waals surface area contributed by atoms with Crippen LogP contribution in [0.1, 0.15) is 33.2 Å². The van der Waals surface area contributed by atoms with Gasteiger partial charge >= 0.3 is 0 Å². The minimum absolute atomic E-state index is 0.0671. The number of carbonyl (C=O) groups excluding carboxylic acids is 3. The summed E-state index contributed by atoms with van der Waals surface area (Å²) in [7, 11) is 0. The van der Waals surface area contributed by atoms with E-state index in [9.17, 15) is 14.4 Å². The molecule has 0 radical (unpaired) electrons. The highest BCUT2D eigenvalue weighted by atomic mass is 16.2. The Balaban J connectivity index is 1.44. The van der Waals surface area contributed by atoms with Crippen molar-refractivity contribution in [2.75, 3.05) is 23.7 Å². The Bertz CT molecular complexity index is 1050. The van der Waals surface area contributed by atoms with E-state index < -0.39 is 0 Å². The lowest BCUT2D eigenvalue weighted by molar-refractivity contribution is -0.114. The van der Waals surface area contributed by atoms with E-state index in [1.807, 2.05) is 37.3 Å². The number of nitrogens with one attached hydrogen (secondary N) is 4. The number of hydrogen-bond acceptors (Lipinski definition) is 4. The average molecular weight is 431 g/mol. The Hall–Kier alpha value is -4.13. The van der Waals surface area contributed by atoms with Crippen molar-refractivity contribution in [2.45, 2.75) is 13.5 Å². The fourth-order valence-electron chi connectivity index (χ4n) is 2.97. The summed E-state index contributed by atoms with van der Waals surface area (Å²) in [6, 6.07) is 23.3. The van der Waals surface area contributed by atoms with Crippen molar-refractivity contribution < 1.29 is 14.4 Å². The van der Waals surface area contributed by atoms with Gasteiger partial charge in [0, 0.05) is 35.6 Å². The Morgan fingerprint density at radius 3 is 1.84 bits per heavy atom. The van der Waals surface area contributed by atoms with Crippen LogP contribution in [-0.2, 0) is 11.3 Å². The molecule has 7 nitrogen and oxygen atoms in total. The standard InChI is InChI=1S/C25H26N4O3/c1-2-26-24(31)19-10-14-22(15-11-19)29-23(30)17-27-21-12-8-20(9-13-21)25(32)28-16-18-6-4-3-5-7-18/h3-15,27H,2,16-17H2,1H3,(H,26,31)(H,28,32)(H,29,30). The number of hydrogen-bond donors (Lipinski definition) is 4. The highest BCUT2D eigenvalue weighted by Crippen LogP contribution is 2.12. The summed E-state index contributed by atoms with van der Waals surface area (Å²) >= 11 is 0. The van der Waals surface area contributed by atoms with E-state index >= 15 is 0 Å². The van der Waals surface area contributed by atoms with Crippen molar-refractivity contribution in [1.82, 2.24) is 10.6 Å². The van der Waals surface area contributed by atoms with E-state index in [-0.39, 0.29) is 24.3 Å². The molecule has 0 aromatic heterocycles. The summed E-state index contributed by atoms with van der Waals surface area (Å²) in [5.74, 6) is -0.529. The van der Waals surface area contributed by atoms with E-state index in [4.69, 9.17) is 0 Å². The van der Waals surface area contributed by atoms with Crippen molar-refractivity contribution in [2.24, 2.45) is 0 Å². The first-order valence-corrected chi connectivity index (χ1v) is 10.4. The molecule has 0 fully saturated rings. The van der Waals surface area contributed by atoms with Gasteiger partial charge in [-0.25, -0.2) is 0 Å². The first-order chi connectivity index (χ1) is 15.5. The molecule has 0 heterocycles. The van der Waals surface area contributed by atoms with Crippen LogP contribution in [0.25, 0.3) is 0 Å². The van der Waals surface area contributed by atoms with Gasteiger partial charge in [0.1, 0.15) is 0 Å². The monoisotopic (exact) mass is 430 g/mol. The van der Waals surface area contributed by atoms with Crippen LogP contribution in [0.3, 0.4) is 0 Å². The summed E-state index contributed by atoms with van der Waals surface area (Å²) in [5, 5.41) is 11.4. The summed E-state index contributed by atoms with van der Waals surface area (Å²) in [4.78, 5) is 36.2. The van der Waals surface area contributed by atoms with E-state index in [1.54, 1.807) is 48.5 Å². The van der Waals surface area contributed by atoms with Gasteiger partial charge in [0.2, 0.25) is 5.91 Å². The van der Waals surface area contributed by atoms with E-state index in [0.717, 1.165) is 11.3 Å². The molecule has 0 aliphatic heterocycles. The van der Waals surface area contributed by atoms with Crippen molar-refractivity contribution in [3.8, 4) is 0 Å². The molecule has 3 rings (SSSR count). The molecule has 0 aliphatic carbocycles. The molecule has 0 spiro atoms. The van der Waals surface area contributed by atoms with Crippen LogP contribution in [0, 0.1) is 0 Å².